The van der Waals surface area contributed by atoms with Crippen molar-refractivity contribution in [3.63, 3.8) is 0 Å². The van der Waals surface area contributed by atoms with Gasteiger partial charge >= 0.3 is 0 Å². The number of aromatic nitrogens is 2. The molecule has 0 saturated heterocycles. The molecule has 1 aromatic heterocycles. The first kappa shape index (κ1) is 11.8. The van der Waals surface area contributed by atoms with E-state index in [0.29, 0.717) is 17.3 Å². The van der Waals surface area contributed by atoms with Crippen LogP contribution >= 0.6 is 0 Å². The third kappa shape index (κ3) is 2.55. The van der Waals surface area contributed by atoms with E-state index in [1.165, 1.54) is 19.3 Å². The van der Waals surface area contributed by atoms with Crippen LogP contribution in [-0.4, -0.2) is 9.97 Å². The molecule has 2 rings (SSSR count). The van der Waals surface area contributed by atoms with Gasteiger partial charge in [-0.05, 0) is 18.8 Å². The molecular weight excluding hydrogens is 212 g/mol. The Morgan fingerprint density at radius 3 is 3.00 bits per heavy atom. The Hall–Kier alpha value is -1.63. The molecule has 1 aromatic rings. The van der Waals surface area contributed by atoms with Crippen molar-refractivity contribution in [3.05, 3.63) is 17.6 Å². The van der Waals surface area contributed by atoms with Gasteiger partial charge in [-0.1, -0.05) is 26.2 Å². The molecule has 1 saturated carbocycles. The second-order valence-electron chi connectivity index (χ2n) is 4.78. The Kier molecular flexibility index (Phi) is 3.58. The van der Waals surface area contributed by atoms with Gasteiger partial charge in [0.2, 0.25) is 0 Å². The molecule has 0 aliphatic heterocycles. The standard InChI is InChI=1S/C13H18N4/c1-2-9-4-3-5-10(6-9)13-16-8-11(7-14)12(15)17-13/h8-10H,2-6H2,1H3,(H2,15,16,17). The topological polar surface area (TPSA) is 75.6 Å². The average Bonchev–Trinajstić information content (AvgIpc) is 2.38. The highest BCUT2D eigenvalue weighted by Crippen LogP contribution is 2.36. The van der Waals surface area contributed by atoms with Gasteiger partial charge in [0.05, 0.1) is 6.20 Å². The highest BCUT2D eigenvalue weighted by molar-refractivity contribution is 5.46. The maximum absolute atomic E-state index is 8.79. The molecule has 90 valence electrons. The molecule has 4 heteroatoms. The normalized spacial score (nSPS) is 24.2. The monoisotopic (exact) mass is 230 g/mol. The summed E-state index contributed by atoms with van der Waals surface area (Å²) >= 11 is 0. The van der Waals surface area contributed by atoms with Crippen LogP contribution in [0, 0.1) is 17.2 Å². The molecule has 1 aliphatic carbocycles. The fourth-order valence-electron chi connectivity index (χ4n) is 2.59. The second-order valence-corrected chi connectivity index (χ2v) is 4.78. The summed E-state index contributed by atoms with van der Waals surface area (Å²) < 4.78 is 0. The van der Waals surface area contributed by atoms with E-state index in [4.69, 9.17) is 11.0 Å². The molecular formula is C13H18N4. The Bertz CT molecular complexity index is 436. The molecule has 2 unspecified atom stereocenters. The lowest BCUT2D eigenvalue weighted by atomic mass is 9.80. The van der Waals surface area contributed by atoms with Crippen molar-refractivity contribution in [1.82, 2.24) is 9.97 Å². The van der Waals surface area contributed by atoms with Crippen LogP contribution in [0.5, 0.6) is 0 Å². The van der Waals surface area contributed by atoms with Crippen molar-refractivity contribution < 1.29 is 0 Å². The summed E-state index contributed by atoms with van der Waals surface area (Å²) in [5.74, 6) is 2.34. The third-order valence-electron chi connectivity index (χ3n) is 3.68. The fraction of sp³-hybridized carbons (Fsp3) is 0.615. The van der Waals surface area contributed by atoms with Crippen LogP contribution in [0.25, 0.3) is 0 Å². The van der Waals surface area contributed by atoms with Crippen molar-refractivity contribution >= 4 is 5.82 Å². The maximum atomic E-state index is 8.79. The van der Waals surface area contributed by atoms with E-state index >= 15 is 0 Å². The zero-order chi connectivity index (χ0) is 12.3. The van der Waals surface area contributed by atoms with Gasteiger partial charge in [-0.3, -0.25) is 0 Å². The summed E-state index contributed by atoms with van der Waals surface area (Å²) in [6, 6.07) is 2.00. The first-order valence-electron chi connectivity index (χ1n) is 6.27. The molecule has 2 atom stereocenters. The minimum Gasteiger partial charge on any atom is -0.382 e. The minimum absolute atomic E-state index is 0.316. The zero-order valence-corrected chi connectivity index (χ0v) is 10.2. The lowest BCUT2D eigenvalue weighted by Crippen LogP contribution is -2.16. The molecule has 0 spiro atoms. The number of rotatable bonds is 2. The van der Waals surface area contributed by atoms with Gasteiger partial charge in [-0.2, -0.15) is 5.26 Å². The van der Waals surface area contributed by atoms with Crippen molar-refractivity contribution in [3.8, 4) is 6.07 Å². The van der Waals surface area contributed by atoms with Gasteiger partial charge < -0.3 is 5.73 Å². The predicted octanol–water partition coefficient (Wildman–Crippen LogP) is 2.61. The van der Waals surface area contributed by atoms with E-state index in [2.05, 4.69) is 16.9 Å². The quantitative estimate of drug-likeness (QED) is 0.847. The fourth-order valence-corrected chi connectivity index (χ4v) is 2.59. The number of hydrogen-bond donors (Lipinski definition) is 1. The third-order valence-corrected chi connectivity index (χ3v) is 3.68. The molecule has 0 aromatic carbocycles. The van der Waals surface area contributed by atoms with Gasteiger partial charge in [0.25, 0.3) is 0 Å². The molecule has 0 bridgehead atoms. The van der Waals surface area contributed by atoms with Gasteiger partial charge in [0.1, 0.15) is 23.3 Å². The minimum atomic E-state index is 0.316. The van der Waals surface area contributed by atoms with Gasteiger partial charge in [0.15, 0.2) is 0 Å². The Balaban J connectivity index is 2.17. The molecule has 2 N–H and O–H groups in total. The van der Waals surface area contributed by atoms with Crippen molar-refractivity contribution in [1.29, 1.82) is 5.26 Å². The van der Waals surface area contributed by atoms with E-state index < -0.39 is 0 Å². The molecule has 0 radical (unpaired) electrons. The number of nitrogen functional groups attached to an aromatic ring is 1. The lowest BCUT2D eigenvalue weighted by Gasteiger charge is -2.27. The Morgan fingerprint density at radius 2 is 2.35 bits per heavy atom. The van der Waals surface area contributed by atoms with Crippen LogP contribution in [0.2, 0.25) is 0 Å². The Morgan fingerprint density at radius 1 is 1.53 bits per heavy atom. The smallest absolute Gasteiger partial charge is 0.145 e. The number of nitrogens with two attached hydrogens (primary N) is 1. The maximum Gasteiger partial charge on any atom is 0.145 e. The largest absolute Gasteiger partial charge is 0.382 e. The molecule has 4 nitrogen and oxygen atoms in total. The van der Waals surface area contributed by atoms with Crippen LogP contribution in [0.15, 0.2) is 6.20 Å². The molecule has 1 heterocycles. The van der Waals surface area contributed by atoms with Crippen LogP contribution < -0.4 is 5.73 Å². The summed E-state index contributed by atoms with van der Waals surface area (Å²) in [4.78, 5) is 8.57. The summed E-state index contributed by atoms with van der Waals surface area (Å²) in [6.45, 7) is 2.24. The highest BCUT2D eigenvalue weighted by atomic mass is 14.9. The molecule has 1 fully saturated rings. The Labute approximate surface area is 102 Å². The number of hydrogen-bond acceptors (Lipinski definition) is 4. The van der Waals surface area contributed by atoms with Crippen LogP contribution in [0.3, 0.4) is 0 Å². The van der Waals surface area contributed by atoms with Gasteiger partial charge in [0, 0.05) is 5.92 Å². The van der Waals surface area contributed by atoms with E-state index in [0.717, 1.165) is 24.6 Å². The molecule has 17 heavy (non-hydrogen) atoms. The molecule has 1 aliphatic rings. The lowest BCUT2D eigenvalue weighted by molar-refractivity contribution is 0.307. The van der Waals surface area contributed by atoms with Crippen LogP contribution in [0.4, 0.5) is 5.82 Å². The van der Waals surface area contributed by atoms with Crippen LogP contribution in [-0.2, 0) is 0 Å². The summed E-state index contributed by atoms with van der Waals surface area (Å²) in [7, 11) is 0. The summed E-state index contributed by atoms with van der Waals surface area (Å²) in [5, 5.41) is 8.79. The average molecular weight is 230 g/mol. The second kappa shape index (κ2) is 5.13. The predicted molar refractivity (Wildman–Crippen MR) is 66.1 cm³/mol. The first-order chi connectivity index (χ1) is 8.24. The first-order valence-corrected chi connectivity index (χ1v) is 6.27. The van der Waals surface area contributed by atoms with E-state index in [1.807, 2.05) is 6.07 Å². The highest BCUT2D eigenvalue weighted by Gasteiger charge is 2.24. The summed E-state index contributed by atoms with van der Waals surface area (Å²) in [6.07, 6.45) is 7.63. The van der Waals surface area contributed by atoms with E-state index in [9.17, 15) is 0 Å². The van der Waals surface area contributed by atoms with Gasteiger partial charge in [-0.15, -0.1) is 0 Å². The van der Waals surface area contributed by atoms with Crippen LogP contribution in [0.1, 0.15) is 56.3 Å². The number of nitrogens with zero attached hydrogens (tertiary/aromatic N) is 3. The number of nitriles is 1. The van der Waals surface area contributed by atoms with E-state index in [1.54, 1.807) is 6.20 Å². The number of anilines is 1. The van der Waals surface area contributed by atoms with Crippen molar-refractivity contribution in [2.75, 3.05) is 5.73 Å². The zero-order valence-electron chi connectivity index (χ0n) is 10.2. The summed E-state index contributed by atoms with van der Waals surface area (Å²) in [5.41, 5.74) is 6.10. The van der Waals surface area contributed by atoms with Crippen molar-refractivity contribution in [2.45, 2.75) is 44.9 Å². The van der Waals surface area contributed by atoms with Gasteiger partial charge in [-0.25, -0.2) is 9.97 Å². The SMILES string of the molecule is CCC1CCCC(c2ncc(C#N)c(N)n2)C1. The molecule has 0 amide bonds. The van der Waals surface area contributed by atoms with Crippen molar-refractivity contribution in [2.24, 2.45) is 5.92 Å². The van der Waals surface area contributed by atoms with E-state index in [-0.39, 0.29) is 0 Å².